The lowest BCUT2D eigenvalue weighted by Gasteiger charge is -2.32. The first-order valence-electron chi connectivity index (χ1n) is 6.94. The van der Waals surface area contributed by atoms with Gasteiger partial charge in [0.05, 0.1) is 11.8 Å². The molecule has 0 aromatic heterocycles. The second-order valence-electron chi connectivity index (χ2n) is 5.60. The molecule has 0 radical (unpaired) electrons. The van der Waals surface area contributed by atoms with E-state index in [0.717, 1.165) is 19.3 Å². The summed E-state index contributed by atoms with van der Waals surface area (Å²) in [6.07, 6.45) is 6.40. The van der Waals surface area contributed by atoms with Crippen LogP contribution in [0.2, 0.25) is 0 Å². The van der Waals surface area contributed by atoms with E-state index in [1.54, 1.807) is 4.31 Å². The fourth-order valence-electron chi connectivity index (χ4n) is 3.59. The van der Waals surface area contributed by atoms with Gasteiger partial charge in [-0.05, 0) is 38.5 Å². The summed E-state index contributed by atoms with van der Waals surface area (Å²) in [7, 11) is -3.17. The molecule has 3 atom stereocenters. The monoisotopic (exact) mass is 270 g/mol. The highest BCUT2D eigenvalue weighted by molar-refractivity contribution is 7.89. The molecule has 18 heavy (non-hydrogen) atoms. The van der Waals surface area contributed by atoms with Gasteiger partial charge >= 0.3 is 0 Å². The first kappa shape index (κ1) is 13.8. The van der Waals surface area contributed by atoms with Crippen molar-refractivity contribution < 1.29 is 8.42 Å². The maximum atomic E-state index is 12.4. The van der Waals surface area contributed by atoms with Crippen molar-refractivity contribution in [3.63, 3.8) is 0 Å². The molecule has 0 N–H and O–H groups in total. The molecule has 4 nitrogen and oxygen atoms in total. The second kappa shape index (κ2) is 5.58. The molecule has 1 heterocycles. The van der Waals surface area contributed by atoms with Crippen molar-refractivity contribution in [2.45, 2.75) is 64.0 Å². The number of sulfonamides is 1. The first-order chi connectivity index (χ1) is 8.56. The van der Waals surface area contributed by atoms with Crippen molar-refractivity contribution in [1.29, 1.82) is 5.26 Å². The Morgan fingerprint density at radius 1 is 1.33 bits per heavy atom. The fourth-order valence-corrected chi connectivity index (χ4v) is 5.63. The topological polar surface area (TPSA) is 61.2 Å². The van der Waals surface area contributed by atoms with Crippen LogP contribution in [0.4, 0.5) is 0 Å². The first-order valence-corrected chi connectivity index (χ1v) is 8.55. The van der Waals surface area contributed by atoms with Crippen LogP contribution in [0.3, 0.4) is 0 Å². The Morgan fingerprint density at radius 2 is 2.06 bits per heavy atom. The molecule has 2 fully saturated rings. The molecule has 2 rings (SSSR count). The van der Waals surface area contributed by atoms with E-state index in [4.69, 9.17) is 5.26 Å². The molecule has 0 amide bonds. The van der Waals surface area contributed by atoms with E-state index < -0.39 is 10.0 Å². The summed E-state index contributed by atoms with van der Waals surface area (Å²) in [5, 5.41) is 8.51. The largest absolute Gasteiger partial charge is 0.214 e. The molecule has 1 aliphatic carbocycles. The van der Waals surface area contributed by atoms with Gasteiger partial charge in [0, 0.05) is 18.5 Å². The van der Waals surface area contributed by atoms with Gasteiger partial charge in [0.15, 0.2) is 0 Å². The lowest BCUT2D eigenvalue weighted by molar-refractivity contribution is 0.248. The highest BCUT2D eigenvalue weighted by Crippen LogP contribution is 2.41. The lowest BCUT2D eigenvalue weighted by atomic mass is 9.85. The van der Waals surface area contributed by atoms with Crippen molar-refractivity contribution in [2.24, 2.45) is 5.92 Å². The van der Waals surface area contributed by atoms with Crippen molar-refractivity contribution >= 4 is 10.0 Å². The van der Waals surface area contributed by atoms with Gasteiger partial charge in [0.2, 0.25) is 10.0 Å². The number of nitriles is 1. The fraction of sp³-hybridized carbons (Fsp3) is 0.923. The molecule has 5 heteroatoms. The van der Waals surface area contributed by atoms with Crippen molar-refractivity contribution in [1.82, 2.24) is 4.31 Å². The maximum absolute atomic E-state index is 12.4. The molecule has 0 unspecified atom stereocenters. The average molecular weight is 270 g/mol. The van der Waals surface area contributed by atoms with Gasteiger partial charge in [0.1, 0.15) is 0 Å². The summed E-state index contributed by atoms with van der Waals surface area (Å²) in [5.41, 5.74) is 0. The Morgan fingerprint density at radius 3 is 2.78 bits per heavy atom. The zero-order valence-corrected chi connectivity index (χ0v) is 11.8. The summed E-state index contributed by atoms with van der Waals surface area (Å²) in [6, 6.07) is 2.40. The predicted molar refractivity (Wildman–Crippen MR) is 70.3 cm³/mol. The number of hydrogen-bond acceptors (Lipinski definition) is 3. The Bertz CT molecular complexity index is 427. The third-order valence-electron chi connectivity index (χ3n) is 4.29. The van der Waals surface area contributed by atoms with Crippen molar-refractivity contribution in [3.05, 3.63) is 0 Å². The van der Waals surface area contributed by atoms with Crippen LogP contribution in [0, 0.1) is 17.2 Å². The number of fused-ring (bicyclic) bond motifs is 1. The highest BCUT2D eigenvalue weighted by Gasteiger charge is 2.45. The van der Waals surface area contributed by atoms with Gasteiger partial charge in [0.25, 0.3) is 0 Å². The minimum absolute atomic E-state index is 0.133. The molecule has 0 spiro atoms. The molecular formula is C13H22N2O2S. The van der Waals surface area contributed by atoms with Crippen molar-refractivity contribution in [2.75, 3.05) is 5.75 Å². The number of unbranched alkanes of at least 4 members (excludes halogenated alkanes) is 1. The summed E-state index contributed by atoms with van der Waals surface area (Å²) in [5.74, 6) is 0.702. The van der Waals surface area contributed by atoms with Crippen LogP contribution in [-0.2, 0) is 10.0 Å². The molecule has 1 aliphatic heterocycles. The molecule has 0 aromatic carbocycles. The Labute approximate surface area is 110 Å². The molecule has 102 valence electrons. The maximum Gasteiger partial charge on any atom is 0.214 e. The number of hydrogen-bond donors (Lipinski definition) is 0. The SMILES string of the molecule is C[C@@H]1C[C@H]2CCCC[C@@H]2N1S(=O)(=O)CCCC#N. The second-order valence-corrected chi connectivity index (χ2v) is 7.60. The van der Waals surface area contributed by atoms with Crippen LogP contribution in [0.5, 0.6) is 0 Å². The summed E-state index contributed by atoms with van der Waals surface area (Å²) in [4.78, 5) is 0. The minimum Gasteiger partial charge on any atom is -0.212 e. The van der Waals surface area contributed by atoms with Crippen LogP contribution >= 0.6 is 0 Å². The van der Waals surface area contributed by atoms with Crippen LogP contribution in [-0.4, -0.2) is 30.6 Å². The van der Waals surface area contributed by atoms with Gasteiger partial charge in [-0.2, -0.15) is 9.57 Å². The van der Waals surface area contributed by atoms with Crippen LogP contribution in [0.15, 0.2) is 0 Å². The predicted octanol–water partition coefficient (Wildman–Crippen LogP) is 2.27. The van der Waals surface area contributed by atoms with Gasteiger partial charge < -0.3 is 0 Å². The molecule has 1 saturated heterocycles. The van der Waals surface area contributed by atoms with Gasteiger partial charge in [-0.15, -0.1) is 0 Å². The molecule has 0 bridgehead atoms. The van der Waals surface area contributed by atoms with Gasteiger partial charge in [-0.3, -0.25) is 0 Å². The van der Waals surface area contributed by atoms with Crippen LogP contribution < -0.4 is 0 Å². The zero-order chi connectivity index (χ0) is 13.2. The van der Waals surface area contributed by atoms with E-state index in [1.165, 1.54) is 12.8 Å². The third kappa shape index (κ3) is 2.70. The molecule has 1 saturated carbocycles. The Kier molecular flexibility index (Phi) is 4.29. The molecular weight excluding hydrogens is 248 g/mol. The normalized spacial score (nSPS) is 33.0. The third-order valence-corrected chi connectivity index (χ3v) is 6.36. The van der Waals surface area contributed by atoms with Crippen LogP contribution in [0.25, 0.3) is 0 Å². The quantitative estimate of drug-likeness (QED) is 0.736. The van der Waals surface area contributed by atoms with E-state index >= 15 is 0 Å². The highest BCUT2D eigenvalue weighted by atomic mass is 32.2. The molecule has 2 aliphatic rings. The van der Waals surface area contributed by atoms with Gasteiger partial charge in [-0.25, -0.2) is 8.42 Å². The number of nitrogens with zero attached hydrogens (tertiary/aromatic N) is 2. The smallest absolute Gasteiger partial charge is 0.212 e. The minimum atomic E-state index is -3.17. The van der Waals surface area contributed by atoms with Crippen molar-refractivity contribution in [3.8, 4) is 6.07 Å². The standard InChI is InChI=1S/C13H22N2O2S/c1-11-10-12-6-2-3-7-13(12)15(11)18(16,17)9-5-4-8-14/h11-13H,2-7,9-10H2,1H3/t11-,12-,13+/m1/s1. The number of rotatable bonds is 4. The van der Waals surface area contributed by atoms with E-state index in [1.807, 2.05) is 13.0 Å². The summed E-state index contributed by atoms with van der Waals surface area (Å²) < 4.78 is 26.6. The van der Waals surface area contributed by atoms with E-state index in [2.05, 4.69) is 0 Å². The summed E-state index contributed by atoms with van der Waals surface area (Å²) >= 11 is 0. The lowest BCUT2D eigenvalue weighted by Crippen LogP contribution is -2.43. The molecule has 0 aromatic rings. The zero-order valence-electron chi connectivity index (χ0n) is 11.0. The van der Waals surface area contributed by atoms with E-state index in [0.29, 0.717) is 18.8 Å². The van der Waals surface area contributed by atoms with Gasteiger partial charge in [-0.1, -0.05) is 12.8 Å². The van der Waals surface area contributed by atoms with E-state index in [9.17, 15) is 8.42 Å². The average Bonchev–Trinajstić information content (AvgIpc) is 2.65. The Balaban J connectivity index is 2.08. The summed E-state index contributed by atoms with van der Waals surface area (Å²) in [6.45, 7) is 2.03. The van der Waals surface area contributed by atoms with E-state index in [-0.39, 0.29) is 17.8 Å². The van der Waals surface area contributed by atoms with Crippen LogP contribution in [0.1, 0.15) is 51.9 Å². The Hall–Kier alpha value is -0.600.